The van der Waals surface area contributed by atoms with Gasteiger partial charge < -0.3 is 24.6 Å². The molecule has 1 saturated heterocycles. The molecule has 2 aromatic rings. The lowest BCUT2D eigenvalue weighted by atomic mass is 9.86. The monoisotopic (exact) mass is 444 g/mol. The molecule has 0 amide bonds. The summed E-state index contributed by atoms with van der Waals surface area (Å²) in [4.78, 5) is 1.81. The van der Waals surface area contributed by atoms with Gasteiger partial charge in [-0.05, 0) is 37.3 Å². The molecule has 0 saturated carbocycles. The summed E-state index contributed by atoms with van der Waals surface area (Å²) in [6.07, 6.45) is 1.52. The van der Waals surface area contributed by atoms with E-state index < -0.39 is 15.8 Å². The van der Waals surface area contributed by atoms with Crippen LogP contribution in [-0.2, 0) is 20.5 Å². The van der Waals surface area contributed by atoms with Gasteiger partial charge in [0, 0.05) is 24.2 Å². The van der Waals surface area contributed by atoms with E-state index >= 15 is 0 Å². The third-order valence-corrected chi connectivity index (χ3v) is 6.53. The molecule has 0 spiro atoms. The van der Waals surface area contributed by atoms with Crippen LogP contribution in [0.1, 0.15) is 18.1 Å². The predicted octanol–water partition coefficient (Wildman–Crippen LogP) is 1.63. The van der Waals surface area contributed by atoms with Crippen molar-refractivity contribution < 1.29 is 28.1 Å². The Labute approximate surface area is 181 Å². The van der Waals surface area contributed by atoms with Gasteiger partial charge in [-0.1, -0.05) is 24.3 Å². The number of fused-ring (bicyclic) bond motifs is 3. The van der Waals surface area contributed by atoms with Gasteiger partial charge in [-0.3, -0.25) is 0 Å². The number of ether oxygens (including phenoxy) is 2. The Hall–Kier alpha value is -2.72. The molecular weight excluding hydrogens is 420 g/mol. The zero-order valence-electron chi connectivity index (χ0n) is 17.1. The Bertz CT molecular complexity index is 1120. The topological polar surface area (TPSA) is 109 Å². The number of sulfonamides is 1. The molecule has 0 radical (unpaired) electrons. The van der Waals surface area contributed by atoms with Crippen molar-refractivity contribution in [3.05, 3.63) is 71.4 Å². The predicted molar refractivity (Wildman–Crippen MR) is 114 cm³/mol. The van der Waals surface area contributed by atoms with Gasteiger partial charge in [-0.25, -0.2) is 0 Å². The summed E-state index contributed by atoms with van der Waals surface area (Å²) in [6, 6.07) is 12.9. The molecule has 2 N–H and O–H groups in total. The van der Waals surface area contributed by atoms with Crippen LogP contribution in [0.15, 0.2) is 69.6 Å². The summed E-state index contributed by atoms with van der Waals surface area (Å²) in [5.41, 5.74) is 1.43. The van der Waals surface area contributed by atoms with Gasteiger partial charge in [-0.2, -0.15) is 12.8 Å². The number of aliphatic hydroxyl groups is 2. The molecule has 31 heavy (non-hydrogen) atoms. The highest BCUT2D eigenvalue weighted by Crippen LogP contribution is 2.41. The van der Waals surface area contributed by atoms with Crippen LogP contribution < -0.4 is 4.74 Å². The molecule has 8 nitrogen and oxygen atoms in total. The number of hydrogen-bond acceptors (Lipinski definition) is 7. The fourth-order valence-corrected chi connectivity index (χ4v) is 4.81. The largest absolute Gasteiger partial charge is 0.494 e. The van der Waals surface area contributed by atoms with Gasteiger partial charge >= 0.3 is 0 Å². The van der Waals surface area contributed by atoms with Crippen molar-refractivity contribution >= 4 is 15.7 Å². The number of rotatable bonds is 6. The van der Waals surface area contributed by atoms with E-state index in [9.17, 15) is 18.6 Å². The summed E-state index contributed by atoms with van der Waals surface area (Å²) in [5, 5.41) is 20.7. The van der Waals surface area contributed by atoms with Crippen LogP contribution in [0.4, 0.5) is 0 Å². The molecule has 1 fully saturated rings. The van der Waals surface area contributed by atoms with Crippen molar-refractivity contribution in [2.24, 2.45) is 4.40 Å². The Morgan fingerprint density at radius 3 is 2.65 bits per heavy atom. The molecule has 2 aromatic carbocycles. The molecule has 1 heterocycles. The molecule has 0 aromatic heterocycles. The fraction of sp³-hybridized carbons (Fsp3) is 0.318. The maximum absolute atomic E-state index is 13.0. The van der Waals surface area contributed by atoms with Gasteiger partial charge in [0.15, 0.2) is 0 Å². The number of aliphatic hydroxyl groups excluding tert-OH is 1. The Morgan fingerprint density at radius 2 is 1.94 bits per heavy atom. The van der Waals surface area contributed by atoms with Crippen molar-refractivity contribution in [1.82, 2.24) is 4.90 Å². The van der Waals surface area contributed by atoms with Crippen LogP contribution in [0.2, 0.25) is 0 Å². The van der Waals surface area contributed by atoms with E-state index in [1.54, 1.807) is 41.3 Å². The third kappa shape index (κ3) is 3.97. The summed E-state index contributed by atoms with van der Waals surface area (Å²) in [7, 11) is -4.02. The average Bonchev–Trinajstić information content (AvgIpc) is 2.76. The molecule has 4 rings (SSSR count). The maximum Gasteiger partial charge on any atom is 0.282 e. The number of allylic oxidation sites excluding steroid dienone is 1. The first kappa shape index (κ1) is 21.5. The van der Waals surface area contributed by atoms with Gasteiger partial charge in [0.25, 0.3) is 10.0 Å². The molecule has 0 bridgehead atoms. The number of nitrogens with zero attached hydrogens (tertiary/aromatic N) is 2. The van der Waals surface area contributed by atoms with E-state index in [-0.39, 0.29) is 30.4 Å². The van der Waals surface area contributed by atoms with Gasteiger partial charge in [0.05, 0.1) is 36.1 Å². The van der Waals surface area contributed by atoms with Crippen molar-refractivity contribution in [1.29, 1.82) is 0 Å². The molecule has 164 valence electrons. The number of β-amino-alcohol motifs (C(OH)–C–C–N with tert-alkyl or cyclic N) is 1. The van der Waals surface area contributed by atoms with Crippen LogP contribution in [0.5, 0.6) is 5.75 Å². The standard InChI is InChI=1S/C22H24N2O6S/c1-2-29-16-7-9-17(10-8-16)31(27,28)23-20-15-21-22(26,19-6-4-3-5-18(19)20)30-14-12-24(21)11-13-25/h3-10,15,25-26H,2,11-14H2,1H3/b23-20-. The van der Waals surface area contributed by atoms with Gasteiger partial charge in [0.1, 0.15) is 5.75 Å². The lowest BCUT2D eigenvalue weighted by molar-refractivity contribution is -0.219. The van der Waals surface area contributed by atoms with E-state index in [2.05, 4.69) is 4.40 Å². The normalized spacial score (nSPS) is 22.0. The third-order valence-electron chi connectivity index (χ3n) is 5.22. The summed E-state index contributed by atoms with van der Waals surface area (Å²) >= 11 is 0. The van der Waals surface area contributed by atoms with Crippen molar-refractivity contribution in [2.45, 2.75) is 17.6 Å². The van der Waals surface area contributed by atoms with Crippen molar-refractivity contribution in [3.63, 3.8) is 0 Å². The minimum Gasteiger partial charge on any atom is -0.494 e. The number of morpholine rings is 1. The Balaban J connectivity index is 1.82. The molecule has 1 unspecified atom stereocenters. The van der Waals surface area contributed by atoms with Crippen LogP contribution in [0, 0.1) is 0 Å². The zero-order chi connectivity index (χ0) is 22.1. The first-order chi connectivity index (χ1) is 14.9. The van der Waals surface area contributed by atoms with Crippen LogP contribution in [-0.4, -0.2) is 62.2 Å². The SMILES string of the molecule is CCOc1ccc(S(=O)(=O)/N=C2/C=C3N(CCO)CCOC3(O)c3ccccc32)cc1. The van der Waals surface area contributed by atoms with E-state index in [1.807, 2.05) is 6.92 Å². The minimum absolute atomic E-state index is 0.0345. The smallest absolute Gasteiger partial charge is 0.282 e. The highest BCUT2D eigenvalue weighted by atomic mass is 32.2. The maximum atomic E-state index is 13.0. The van der Waals surface area contributed by atoms with Gasteiger partial charge in [0.2, 0.25) is 5.79 Å². The molecule has 1 aliphatic carbocycles. The Morgan fingerprint density at radius 1 is 1.19 bits per heavy atom. The van der Waals surface area contributed by atoms with Gasteiger partial charge in [-0.15, -0.1) is 0 Å². The molecule has 9 heteroatoms. The van der Waals surface area contributed by atoms with E-state index in [0.717, 1.165) is 0 Å². The first-order valence-electron chi connectivity index (χ1n) is 10.0. The summed E-state index contributed by atoms with van der Waals surface area (Å²) < 4.78 is 41.2. The molecule has 1 atom stereocenters. The quantitative estimate of drug-likeness (QED) is 0.697. The van der Waals surface area contributed by atoms with Crippen LogP contribution in [0.3, 0.4) is 0 Å². The van der Waals surface area contributed by atoms with Crippen molar-refractivity contribution in [3.8, 4) is 5.75 Å². The van der Waals surface area contributed by atoms with Crippen molar-refractivity contribution in [2.75, 3.05) is 32.9 Å². The number of benzene rings is 2. The highest BCUT2D eigenvalue weighted by molar-refractivity contribution is 7.90. The average molecular weight is 445 g/mol. The first-order valence-corrected chi connectivity index (χ1v) is 11.4. The van der Waals surface area contributed by atoms with E-state index in [1.165, 1.54) is 18.2 Å². The lowest BCUT2D eigenvalue weighted by Gasteiger charge is -2.45. The van der Waals surface area contributed by atoms with Crippen LogP contribution in [0.25, 0.3) is 0 Å². The second-order valence-electron chi connectivity index (χ2n) is 7.13. The second-order valence-corrected chi connectivity index (χ2v) is 8.74. The summed E-state index contributed by atoms with van der Waals surface area (Å²) in [5.74, 6) is -1.16. The lowest BCUT2D eigenvalue weighted by Crippen LogP contribution is -2.50. The van der Waals surface area contributed by atoms with E-state index in [4.69, 9.17) is 9.47 Å². The molecule has 1 aliphatic heterocycles. The molecular formula is C22H24N2O6S. The summed E-state index contributed by atoms with van der Waals surface area (Å²) in [6.45, 7) is 3.20. The zero-order valence-corrected chi connectivity index (χ0v) is 17.9. The second kappa shape index (κ2) is 8.43. The number of hydrogen-bond donors (Lipinski definition) is 2. The fourth-order valence-electron chi connectivity index (χ4n) is 3.81. The Kier molecular flexibility index (Phi) is 5.85. The van der Waals surface area contributed by atoms with Crippen LogP contribution >= 0.6 is 0 Å². The van der Waals surface area contributed by atoms with E-state index in [0.29, 0.717) is 35.7 Å². The molecule has 2 aliphatic rings. The minimum atomic E-state index is -4.02. The highest BCUT2D eigenvalue weighted by Gasteiger charge is 2.46.